The molecule has 0 bridgehead atoms. The summed E-state index contributed by atoms with van der Waals surface area (Å²) < 4.78 is 5.57. The van der Waals surface area contributed by atoms with Gasteiger partial charge < -0.3 is 10.2 Å². The van der Waals surface area contributed by atoms with Gasteiger partial charge in [0, 0.05) is 17.1 Å². The second kappa shape index (κ2) is 3.61. The van der Waals surface area contributed by atoms with E-state index in [-0.39, 0.29) is 0 Å². The molecule has 2 heterocycles. The minimum atomic E-state index is 0.702. The van der Waals surface area contributed by atoms with Gasteiger partial charge in [0.15, 0.2) is 5.58 Å². The second-order valence-electron chi connectivity index (χ2n) is 3.37. The summed E-state index contributed by atoms with van der Waals surface area (Å²) in [6, 6.07) is 3.70. The van der Waals surface area contributed by atoms with Crippen molar-refractivity contribution >= 4 is 23.8 Å². The van der Waals surface area contributed by atoms with Crippen LogP contribution in [0.25, 0.3) is 23.8 Å². The SMILES string of the molecule is C=c1/c(=C\C=C(/C)N)oc2cccnc12. The van der Waals surface area contributed by atoms with Crippen molar-refractivity contribution in [3.05, 3.63) is 40.7 Å². The van der Waals surface area contributed by atoms with Crippen LogP contribution in [-0.2, 0) is 0 Å². The lowest BCUT2D eigenvalue weighted by Crippen LogP contribution is -2.18. The molecule has 2 aromatic rings. The summed E-state index contributed by atoms with van der Waals surface area (Å²) in [5.74, 6) is 0. The van der Waals surface area contributed by atoms with Crippen molar-refractivity contribution in [2.75, 3.05) is 0 Å². The number of pyridine rings is 1. The highest BCUT2D eigenvalue weighted by Crippen LogP contribution is 2.02. The highest BCUT2D eigenvalue weighted by molar-refractivity contribution is 5.73. The second-order valence-corrected chi connectivity index (χ2v) is 3.37. The van der Waals surface area contributed by atoms with E-state index in [0.717, 1.165) is 22.0 Å². The molecule has 0 saturated heterocycles. The smallest absolute Gasteiger partial charge is 0.153 e. The van der Waals surface area contributed by atoms with Gasteiger partial charge in [-0.3, -0.25) is 4.98 Å². The van der Waals surface area contributed by atoms with Crippen molar-refractivity contribution in [2.45, 2.75) is 6.92 Å². The predicted octanol–water partition coefficient (Wildman–Crippen LogP) is 0.881. The highest BCUT2D eigenvalue weighted by atomic mass is 16.3. The van der Waals surface area contributed by atoms with E-state index < -0.39 is 0 Å². The van der Waals surface area contributed by atoms with E-state index in [9.17, 15) is 0 Å². The van der Waals surface area contributed by atoms with E-state index in [1.165, 1.54) is 0 Å². The van der Waals surface area contributed by atoms with Gasteiger partial charge in [-0.25, -0.2) is 0 Å². The summed E-state index contributed by atoms with van der Waals surface area (Å²) in [7, 11) is 0. The monoisotopic (exact) mass is 200 g/mol. The quantitative estimate of drug-likeness (QED) is 0.743. The minimum absolute atomic E-state index is 0.702. The predicted molar refractivity (Wildman–Crippen MR) is 61.2 cm³/mol. The summed E-state index contributed by atoms with van der Waals surface area (Å²) in [5.41, 5.74) is 8.51. The Morgan fingerprint density at radius 1 is 1.60 bits per heavy atom. The molecule has 3 nitrogen and oxygen atoms in total. The van der Waals surface area contributed by atoms with E-state index in [1.807, 2.05) is 19.1 Å². The van der Waals surface area contributed by atoms with E-state index >= 15 is 0 Å². The molecule has 0 spiro atoms. The fourth-order valence-electron chi connectivity index (χ4n) is 1.34. The molecule has 0 aliphatic heterocycles. The summed E-state index contributed by atoms with van der Waals surface area (Å²) in [4.78, 5) is 4.20. The van der Waals surface area contributed by atoms with Gasteiger partial charge >= 0.3 is 0 Å². The summed E-state index contributed by atoms with van der Waals surface area (Å²) >= 11 is 0. The van der Waals surface area contributed by atoms with Crippen LogP contribution in [0.5, 0.6) is 0 Å². The average Bonchev–Trinajstić information content (AvgIpc) is 2.54. The molecule has 76 valence electrons. The molecule has 2 N–H and O–H groups in total. The van der Waals surface area contributed by atoms with Gasteiger partial charge in [-0.2, -0.15) is 0 Å². The maximum Gasteiger partial charge on any atom is 0.153 e. The average molecular weight is 200 g/mol. The molecule has 3 heteroatoms. The van der Waals surface area contributed by atoms with E-state index in [2.05, 4.69) is 11.6 Å². The molecule has 0 amide bonds. The Bertz CT molecular complexity index is 619. The Balaban J connectivity index is 2.74. The number of aromatic nitrogens is 1. The van der Waals surface area contributed by atoms with Crippen LogP contribution in [0.2, 0.25) is 0 Å². The number of nitrogens with zero attached hydrogens (tertiary/aromatic N) is 1. The Morgan fingerprint density at radius 2 is 2.40 bits per heavy atom. The third-order valence-electron chi connectivity index (χ3n) is 2.07. The summed E-state index contributed by atoms with van der Waals surface area (Å²) in [5, 5.41) is 0.795. The molecular formula is C12H12N2O. The van der Waals surface area contributed by atoms with Gasteiger partial charge in [0.2, 0.25) is 0 Å². The lowest BCUT2D eigenvalue weighted by atomic mass is 10.3. The number of hydrogen-bond acceptors (Lipinski definition) is 3. The van der Waals surface area contributed by atoms with Crippen molar-refractivity contribution in [1.29, 1.82) is 0 Å². The standard InChI is InChI=1S/C12H12N2O/c1-8(13)5-6-10-9(2)12-11(15-10)4-3-7-14-12/h3-7H,2,13H2,1H3/b8-5+,10-6+. The Morgan fingerprint density at radius 3 is 3.07 bits per heavy atom. The van der Waals surface area contributed by atoms with Gasteiger partial charge in [0.25, 0.3) is 0 Å². The van der Waals surface area contributed by atoms with Crippen LogP contribution < -0.4 is 16.4 Å². The van der Waals surface area contributed by atoms with Crippen LogP contribution in [0.3, 0.4) is 0 Å². The summed E-state index contributed by atoms with van der Waals surface area (Å²) in [6.45, 7) is 5.75. The zero-order chi connectivity index (χ0) is 10.8. The van der Waals surface area contributed by atoms with Crippen LogP contribution >= 0.6 is 0 Å². The largest absolute Gasteiger partial charge is 0.454 e. The molecule has 0 aromatic carbocycles. The Hall–Kier alpha value is -2.03. The number of rotatable bonds is 1. The number of allylic oxidation sites excluding steroid dienone is 2. The van der Waals surface area contributed by atoms with Gasteiger partial charge in [-0.15, -0.1) is 0 Å². The molecule has 15 heavy (non-hydrogen) atoms. The Kier molecular flexibility index (Phi) is 2.29. The number of nitrogens with two attached hydrogens (primary N) is 1. The molecule has 0 aliphatic rings. The molecule has 2 aromatic heterocycles. The van der Waals surface area contributed by atoms with Crippen LogP contribution in [0.1, 0.15) is 6.92 Å². The van der Waals surface area contributed by atoms with E-state index in [0.29, 0.717) is 5.42 Å². The van der Waals surface area contributed by atoms with Gasteiger partial charge in [-0.1, -0.05) is 6.58 Å². The Labute approximate surface area is 87.2 Å². The first-order chi connectivity index (χ1) is 7.18. The first-order valence-electron chi connectivity index (χ1n) is 4.65. The highest BCUT2D eigenvalue weighted by Gasteiger charge is 1.99. The zero-order valence-electron chi connectivity index (χ0n) is 8.53. The molecule has 0 fully saturated rings. The zero-order valence-corrected chi connectivity index (χ0v) is 8.53. The van der Waals surface area contributed by atoms with Crippen LogP contribution in [0.4, 0.5) is 0 Å². The van der Waals surface area contributed by atoms with Crippen molar-refractivity contribution in [3.8, 4) is 0 Å². The molecular weight excluding hydrogens is 188 g/mol. The van der Waals surface area contributed by atoms with E-state index in [4.69, 9.17) is 10.2 Å². The molecule has 2 rings (SSSR count). The van der Waals surface area contributed by atoms with Gasteiger partial charge in [-0.05, 0) is 31.2 Å². The topological polar surface area (TPSA) is 52.0 Å². The number of hydrogen-bond donors (Lipinski definition) is 1. The van der Waals surface area contributed by atoms with Gasteiger partial charge in [0.1, 0.15) is 10.9 Å². The van der Waals surface area contributed by atoms with Crippen molar-refractivity contribution < 1.29 is 4.42 Å². The third kappa shape index (κ3) is 1.76. The van der Waals surface area contributed by atoms with Crippen molar-refractivity contribution in [3.63, 3.8) is 0 Å². The van der Waals surface area contributed by atoms with Crippen molar-refractivity contribution in [2.24, 2.45) is 5.73 Å². The number of furan rings is 1. The molecule has 0 saturated carbocycles. The lowest BCUT2D eigenvalue weighted by Gasteiger charge is -1.82. The molecule has 0 atom stereocenters. The molecule has 0 radical (unpaired) electrons. The fraction of sp³-hybridized carbons (Fsp3) is 0.0833. The molecule has 0 unspecified atom stereocenters. The molecule has 0 aliphatic carbocycles. The van der Waals surface area contributed by atoms with Crippen molar-refractivity contribution in [1.82, 2.24) is 4.98 Å². The first kappa shape index (κ1) is 9.52. The third-order valence-corrected chi connectivity index (χ3v) is 2.07. The normalized spacial score (nSPS) is 13.7. The first-order valence-corrected chi connectivity index (χ1v) is 4.65. The lowest BCUT2D eigenvalue weighted by molar-refractivity contribution is 0.575. The van der Waals surface area contributed by atoms with Crippen LogP contribution in [0, 0.1) is 0 Å². The maximum absolute atomic E-state index is 5.57. The fourth-order valence-corrected chi connectivity index (χ4v) is 1.34. The van der Waals surface area contributed by atoms with Gasteiger partial charge in [0.05, 0.1) is 0 Å². The minimum Gasteiger partial charge on any atom is -0.454 e. The maximum atomic E-state index is 5.57. The van der Waals surface area contributed by atoms with E-state index in [1.54, 1.807) is 18.3 Å². The van der Waals surface area contributed by atoms with Crippen LogP contribution in [-0.4, -0.2) is 4.98 Å². The summed E-state index contributed by atoms with van der Waals surface area (Å²) in [6.07, 6.45) is 5.31. The number of fused-ring (bicyclic) bond motifs is 1. The van der Waals surface area contributed by atoms with Crippen LogP contribution in [0.15, 0.2) is 34.5 Å².